The van der Waals surface area contributed by atoms with Gasteiger partial charge in [0.25, 0.3) is 0 Å². The first-order valence-corrected chi connectivity index (χ1v) is 8.34. The summed E-state index contributed by atoms with van der Waals surface area (Å²) in [4.78, 5) is 26.7. The molecule has 1 aromatic rings. The molecule has 140 valence electrons. The van der Waals surface area contributed by atoms with Crippen LogP contribution in [0.3, 0.4) is 0 Å². The number of hydrogen-bond acceptors (Lipinski definition) is 4. The van der Waals surface area contributed by atoms with Crippen LogP contribution < -0.4 is 4.90 Å². The van der Waals surface area contributed by atoms with Gasteiger partial charge in [0.1, 0.15) is 5.60 Å². The van der Waals surface area contributed by atoms with E-state index in [-0.39, 0.29) is 17.7 Å². The average molecular weight is 369 g/mol. The third kappa shape index (κ3) is 2.00. The summed E-state index contributed by atoms with van der Waals surface area (Å²) < 4.78 is 45.5. The van der Waals surface area contributed by atoms with Gasteiger partial charge in [-0.1, -0.05) is 6.07 Å². The molecule has 2 bridgehead atoms. The van der Waals surface area contributed by atoms with E-state index in [1.807, 2.05) is 0 Å². The molecule has 0 aliphatic carbocycles. The molecule has 1 N–H and O–H groups in total. The van der Waals surface area contributed by atoms with Gasteiger partial charge in [-0.05, 0) is 38.5 Å². The minimum atomic E-state index is -4.59. The van der Waals surface area contributed by atoms with Crippen molar-refractivity contribution in [2.75, 3.05) is 4.90 Å². The first-order valence-electron chi connectivity index (χ1n) is 8.34. The first-order chi connectivity index (χ1) is 11.9. The standard InChI is InChI=1S/C18H18F3NO4/c1-8-4-5-9(6-10(8)18(19,20)21)22-14(24)12-13(15(22)25)17(3)11(23)7-16(12,2)26-17/h4-6,11-13,23H,7H2,1-3H3/t11-,12-,13+,16?,17?/m1/s1. The van der Waals surface area contributed by atoms with E-state index in [0.717, 1.165) is 11.0 Å². The molecule has 0 radical (unpaired) electrons. The smallest absolute Gasteiger partial charge is 0.390 e. The monoisotopic (exact) mass is 369 g/mol. The van der Waals surface area contributed by atoms with Crippen molar-refractivity contribution in [2.45, 2.75) is 50.7 Å². The number of halogens is 3. The Balaban J connectivity index is 1.80. The Kier molecular flexibility index (Phi) is 3.27. The molecule has 26 heavy (non-hydrogen) atoms. The number of amides is 2. The van der Waals surface area contributed by atoms with Gasteiger partial charge in [-0.15, -0.1) is 0 Å². The number of carbonyl (C=O) groups is 2. The predicted molar refractivity (Wildman–Crippen MR) is 84.2 cm³/mol. The molecule has 3 saturated heterocycles. The van der Waals surface area contributed by atoms with Gasteiger partial charge in [-0.3, -0.25) is 9.59 Å². The van der Waals surface area contributed by atoms with Gasteiger partial charge < -0.3 is 9.84 Å². The fourth-order valence-corrected chi connectivity index (χ4v) is 4.83. The van der Waals surface area contributed by atoms with E-state index in [2.05, 4.69) is 0 Å². The number of fused-ring (bicyclic) bond motifs is 5. The summed E-state index contributed by atoms with van der Waals surface area (Å²) in [5, 5.41) is 10.3. The molecule has 1 aromatic carbocycles. The molecule has 2 amide bonds. The highest BCUT2D eigenvalue weighted by Crippen LogP contribution is 2.61. The van der Waals surface area contributed by atoms with Crippen LogP contribution in [-0.2, 0) is 20.5 Å². The van der Waals surface area contributed by atoms with Gasteiger partial charge in [0.05, 0.1) is 34.8 Å². The fourth-order valence-electron chi connectivity index (χ4n) is 4.83. The number of carbonyl (C=O) groups excluding carboxylic acids is 2. The minimum Gasteiger partial charge on any atom is -0.390 e. The number of ether oxygens (including phenoxy) is 1. The lowest BCUT2D eigenvalue weighted by molar-refractivity contribution is -0.138. The van der Waals surface area contributed by atoms with Crippen LogP contribution in [0.25, 0.3) is 0 Å². The molecule has 0 aromatic heterocycles. The third-order valence-electron chi connectivity index (χ3n) is 6.08. The molecule has 3 aliphatic rings. The van der Waals surface area contributed by atoms with Crippen molar-refractivity contribution in [1.29, 1.82) is 0 Å². The lowest BCUT2D eigenvalue weighted by Gasteiger charge is -2.31. The van der Waals surface area contributed by atoms with Crippen molar-refractivity contribution >= 4 is 17.5 Å². The lowest BCUT2D eigenvalue weighted by atomic mass is 9.67. The van der Waals surface area contributed by atoms with Crippen molar-refractivity contribution < 1.29 is 32.6 Å². The summed E-state index contributed by atoms with van der Waals surface area (Å²) in [6, 6.07) is 3.41. The van der Waals surface area contributed by atoms with E-state index >= 15 is 0 Å². The van der Waals surface area contributed by atoms with E-state index in [4.69, 9.17) is 4.74 Å². The zero-order valence-electron chi connectivity index (χ0n) is 14.4. The number of alkyl halides is 3. The van der Waals surface area contributed by atoms with Crippen molar-refractivity contribution in [3.8, 4) is 0 Å². The van der Waals surface area contributed by atoms with Gasteiger partial charge in [0.2, 0.25) is 11.8 Å². The number of hydrogen-bond donors (Lipinski definition) is 1. The molecule has 0 saturated carbocycles. The second-order valence-corrected chi connectivity index (χ2v) is 7.78. The molecule has 8 heteroatoms. The topological polar surface area (TPSA) is 66.8 Å². The van der Waals surface area contributed by atoms with Crippen LogP contribution in [-0.4, -0.2) is 34.2 Å². The number of aryl methyl sites for hydroxylation is 1. The summed E-state index contributed by atoms with van der Waals surface area (Å²) in [5.74, 6) is -2.91. The number of aliphatic hydroxyl groups is 1. The number of nitrogens with zero attached hydrogens (tertiary/aromatic N) is 1. The number of rotatable bonds is 1. The van der Waals surface area contributed by atoms with E-state index in [1.54, 1.807) is 13.8 Å². The number of anilines is 1. The van der Waals surface area contributed by atoms with Crippen LogP contribution in [0, 0.1) is 18.8 Å². The Morgan fingerprint density at radius 2 is 1.81 bits per heavy atom. The zero-order chi connectivity index (χ0) is 19.2. The molecule has 3 heterocycles. The Bertz CT molecular complexity index is 838. The molecule has 5 atom stereocenters. The van der Waals surface area contributed by atoms with Crippen molar-refractivity contribution in [2.24, 2.45) is 11.8 Å². The molecular formula is C18H18F3NO4. The van der Waals surface area contributed by atoms with Crippen LogP contribution in [0.5, 0.6) is 0 Å². The highest BCUT2D eigenvalue weighted by atomic mass is 19.4. The predicted octanol–water partition coefficient (Wildman–Crippen LogP) is 2.43. The number of benzene rings is 1. The van der Waals surface area contributed by atoms with Gasteiger partial charge in [-0.2, -0.15) is 13.2 Å². The summed E-state index contributed by atoms with van der Waals surface area (Å²) in [6.45, 7) is 4.57. The lowest BCUT2D eigenvalue weighted by Crippen LogP contribution is -2.49. The Labute approximate surface area is 147 Å². The van der Waals surface area contributed by atoms with E-state index < -0.39 is 52.7 Å². The Hall–Kier alpha value is -1.93. The summed E-state index contributed by atoms with van der Waals surface area (Å²) in [5.41, 5.74) is -3.19. The second kappa shape index (κ2) is 4.86. The highest BCUT2D eigenvalue weighted by Gasteiger charge is 2.75. The largest absolute Gasteiger partial charge is 0.416 e. The maximum atomic E-state index is 13.2. The van der Waals surface area contributed by atoms with Crippen LogP contribution in [0.15, 0.2) is 18.2 Å². The van der Waals surface area contributed by atoms with Crippen LogP contribution in [0.4, 0.5) is 18.9 Å². The Morgan fingerprint density at radius 3 is 2.42 bits per heavy atom. The van der Waals surface area contributed by atoms with Crippen molar-refractivity contribution in [1.82, 2.24) is 0 Å². The average Bonchev–Trinajstić information content (AvgIpc) is 3.01. The minimum absolute atomic E-state index is 0.0123. The van der Waals surface area contributed by atoms with Gasteiger partial charge in [-0.25, -0.2) is 4.90 Å². The quantitative estimate of drug-likeness (QED) is 0.772. The van der Waals surface area contributed by atoms with E-state index in [9.17, 15) is 27.9 Å². The normalized spacial score (nSPS) is 39.0. The second-order valence-electron chi connectivity index (χ2n) is 7.78. The molecule has 3 aliphatic heterocycles. The van der Waals surface area contributed by atoms with Crippen LogP contribution in [0.1, 0.15) is 31.4 Å². The zero-order valence-corrected chi connectivity index (χ0v) is 14.4. The number of imide groups is 1. The number of aliphatic hydroxyl groups excluding tert-OH is 1. The van der Waals surface area contributed by atoms with Gasteiger partial charge >= 0.3 is 6.18 Å². The fraction of sp³-hybridized carbons (Fsp3) is 0.556. The SMILES string of the molecule is Cc1ccc(N2C(=O)[C@@H]3[C@H](C2=O)C2(C)C[C@@H](O)C3(C)O2)cc1C(F)(F)F. The van der Waals surface area contributed by atoms with Crippen LogP contribution >= 0.6 is 0 Å². The Morgan fingerprint density at radius 1 is 1.19 bits per heavy atom. The molecular weight excluding hydrogens is 351 g/mol. The van der Waals surface area contributed by atoms with Gasteiger partial charge in [0.15, 0.2) is 0 Å². The van der Waals surface area contributed by atoms with Gasteiger partial charge in [0, 0.05) is 6.42 Å². The molecule has 0 spiro atoms. The summed E-state index contributed by atoms with van der Waals surface area (Å²) in [7, 11) is 0. The first kappa shape index (κ1) is 17.5. The van der Waals surface area contributed by atoms with E-state index in [0.29, 0.717) is 0 Å². The molecule has 4 rings (SSSR count). The van der Waals surface area contributed by atoms with E-state index in [1.165, 1.54) is 19.1 Å². The molecule has 2 unspecified atom stereocenters. The molecule has 3 fully saturated rings. The van der Waals surface area contributed by atoms with Crippen LogP contribution in [0.2, 0.25) is 0 Å². The maximum absolute atomic E-state index is 13.2. The summed E-state index contributed by atoms with van der Waals surface area (Å²) in [6.07, 6.45) is -5.29. The van der Waals surface area contributed by atoms with Crippen molar-refractivity contribution in [3.63, 3.8) is 0 Å². The van der Waals surface area contributed by atoms with Crippen molar-refractivity contribution in [3.05, 3.63) is 29.3 Å². The third-order valence-corrected chi connectivity index (χ3v) is 6.08. The molecule has 5 nitrogen and oxygen atoms in total. The highest BCUT2D eigenvalue weighted by molar-refractivity contribution is 6.23. The maximum Gasteiger partial charge on any atom is 0.416 e. The summed E-state index contributed by atoms with van der Waals surface area (Å²) >= 11 is 0.